The Balaban J connectivity index is 2.15. The second-order valence-corrected chi connectivity index (χ2v) is 7.73. The normalized spacial score (nSPS) is 12.6. The second-order valence-electron chi connectivity index (χ2n) is 7.73. The van der Waals surface area contributed by atoms with Gasteiger partial charge in [0, 0.05) is 0 Å². The van der Waals surface area contributed by atoms with Crippen molar-refractivity contribution in [2.45, 2.75) is 33.5 Å². The molecule has 0 aliphatic rings. The predicted molar refractivity (Wildman–Crippen MR) is 131 cm³/mol. The summed E-state index contributed by atoms with van der Waals surface area (Å²) >= 11 is 0. The number of hydrogen-bond acceptors (Lipinski definition) is 2. The van der Waals surface area contributed by atoms with Gasteiger partial charge in [0.1, 0.15) is 0 Å². The molecule has 4 aromatic rings. The van der Waals surface area contributed by atoms with Crippen LogP contribution in [0.3, 0.4) is 0 Å². The summed E-state index contributed by atoms with van der Waals surface area (Å²) in [4.78, 5) is 0. The van der Waals surface area contributed by atoms with E-state index in [2.05, 4.69) is 74.5 Å². The van der Waals surface area contributed by atoms with Gasteiger partial charge in [-0.15, -0.1) is 0 Å². The SMILES string of the molecule is C/C=c1/c(-c2ccc(CO)cc2)c2ccccc2c(-c2ccc(CO)cc2)/c1=C/CC. The minimum atomic E-state index is 0.0470. The van der Waals surface area contributed by atoms with Crippen LogP contribution in [0.2, 0.25) is 0 Å². The molecule has 0 bridgehead atoms. The number of hydrogen-bond donors (Lipinski definition) is 2. The molecule has 4 rings (SSSR count). The van der Waals surface area contributed by atoms with Gasteiger partial charge in [-0.25, -0.2) is 0 Å². The highest BCUT2D eigenvalue weighted by molar-refractivity contribution is 6.05. The lowest BCUT2D eigenvalue weighted by Crippen LogP contribution is -2.29. The maximum Gasteiger partial charge on any atom is 0.0681 e. The quantitative estimate of drug-likeness (QED) is 0.479. The average molecular weight is 409 g/mol. The topological polar surface area (TPSA) is 40.5 Å². The van der Waals surface area contributed by atoms with Gasteiger partial charge in [0.2, 0.25) is 0 Å². The van der Waals surface area contributed by atoms with Crippen molar-refractivity contribution < 1.29 is 10.2 Å². The van der Waals surface area contributed by atoms with Crippen molar-refractivity contribution in [3.8, 4) is 22.3 Å². The highest BCUT2D eigenvalue weighted by Gasteiger charge is 2.14. The van der Waals surface area contributed by atoms with Gasteiger partial charge in [-0.1, -0.05) is 91.9 Å². The van der Waals surface area contributed by atoms with Gasteiger partial charge >= 0.3 is 0 Å². The number of aliphatic hydroxyl groups excluding tert-OH is 2. The average Bonchev–Trinajstić information content (AvgIpc) is 2.83. The van der Waals surface area contributed by atoms with Crippen LogP contribution in [0.1, 0.15) is 31.4 Å². The third kappa shape index (κ3) is 3.93. The minimum absolute atomic E-state index is 0.0470. The molecule has 0 atom stereocenters. The van der Waals surface area contributed by atoms with Crippen LogP contribution in [0.15, 0.2) is 72.8 Å². The van der Waals surface area contributed by atoms with E-state index >= 15 is 0 Å². The number of aliphatic hydroxyl groups is 2. The maximum absolute atomic E-state index is 9.46. The van der Waals surface area contributed by atoms with Crippen LogP contribution in [-0.2, 0) is 13.2 Å². The molecule has 0 heterocycles. The standard InChI is InChI=1S/C29H28O2/c1-3-7-25-24(4-2)28(22-14-10-20(18-30)11-15-22)26-8-5-6-9-27(26)29(25)23-16-12-21(19-31)13-17-23/h4-17,30-31H,3,18-19H2,1-2H3/b24-4+,25-7+. The Bertz CT molecular complexity index is 1310. The molecule has 0 aliphatic heterocycles. The summed E-state index contributed by atoms with van der Waals surface area (Å²) in [5.41, 5.74) is 6.57. The van der Waals surface area contributed by atoms with Gasteiger partial charge < -0.3 is 10.2 Å². The van der Waals surface area contributed by atoms with E-state index in [0.717, 1.165) is 28.7 Å². The zero-order valence-electron chi connectivity index (χ0n) is 18.1. The number of fused-ring (bicyclic) bond motifs is 1. The molecule has 0 radical (unpaired) electrons. The van der Waals surface area contributed by atoms with Crippen molar-refractivity contribution in [2.75, 3.05) is 0 Å². The largest absolute Gasteiger partial charge is 0.392 e. The number of rotatable bonds is 5. The molecule has 0 spiro atoms. The van der Waals surface area contributed by atoms with Crippen molar-refractivity contribution in [1.82, 2.24) is 0 Å². The third-order valence-electron chi connectivity index (χ3n) is 5.84. The van der Waals surface area contributed by atoms with Crippen LogP contribution in [0.4, 0.5) is 0 Å². The monoisotopic (exact) mass is 408 g/mol. The zero-order chi connectivity index (χ0) is 21.8. The predicted octanol–water partition coefficient (Wildman–Crippen LogP) is 5.15. The van der Waals surface area contributed by atoms with E-state index in [4.69, 9.17) is 0 Å². The maximum atomic E-state index is 9.46. The Morgan fingerprint density at radius 1 is 0.645 bits per heavy atom. The lowest BCUT2D eigenvalue weighted by Gasteiger charge is -2.16. The van der Waals surface area contributed by atoms with Gasteiger partial charge in [0.05, 0.1) is 13.2 Å². The molecule has 0 amide bonds. The molecular weight excluding hydrogens is 380 g/mol. The molecular formula is C29H28O2. The summed E-state index contributed by atoms with van der Waals surface area (Å²) in [5.74, 6) is 0. The van der Waals surface area contributed by atoms with Gasteiger partial charge in [-0.2, -0.15) is 0 Å². The molecule has 156 valence electrons. The third-order valence-corrected chi connectivity index (χ3v) is 5.84. The summed E-state index contributed by atoms with van der Waals surface area (Å²) in [5, 5.41) is 23.8. The second kappa shape index (κ2) is 9.30. The molecule has 0 aliphatic carbocycles. The molecule has 4 aromatic carbocycles. The van der Waals surface area contributed by atoms with E-state index < -0.39 is 0 Å². The molecule has 0 saturated heterocycles. The molecule has 0 fully saturated rings. The van der Waals surface area contributed by atoms with Crippen LogP contribution in [-0.4, -0.2) is 10.2 Å². The molecule has 0 saturated carbocycles. The molecule has 2 heteroatoms. The Kier molecular flexibility index (Phi) is 6.31. The van der Waals surface area contributed by atoms with Crippen LogP contribution in [0, 0.1) is 0 Å². The fourth-order valence-corrected chi connectivity index (χ4v) is 4.37. The lowest BCUT2D eigenvalue weighted by atomic mass is 9.87. The first-order valence-corrected chi connectivity index (χ1v) is 10.8. The fraction of sp³-hybridized carbons (Fsp3) is 0.172. The van der Waals surface area contributed by atoms with Gasteiger partial charge in [0.15, 0.2) is 0 Å². The summed E-state index contributed by atoms with van der Waals surface area (Å²) in [6.45, 7) is 4.36. The zero-order valence-corrected chi connectivity index (χ0v) is 18.1. The van der Waals surface area contributed by atoms with E-state index in [1.54, 1.807) is 0 Å². The van der Waals surface area contributed by atoms with Crippen molar-refractivity contribution in [3.63, 3.8) is 0 Å². The molecule has 2 N–H and O–H groups in total. The first kappa shape index (κ1) is 21.0. The van der Waals surface area contributed by atoms with Gasteiger partial charge in [-0.05, 0) is 67.9 Å². The smallest absolute Gasteiger partial charge is 0.0681 e. The highest BCUT2D eigenvalue weighted by Crippen LogP contribution is 2.31. The first-order valence-electron chi connectivity index (χ1n) is 10.8. The molecule has 2 nitrogen and oxygen atoms in total. The van der Waals surface area contributed by atoms with Crippen molar-refractivity contribution in [3.05, 3.63) is 94.4 Å². The fourth-order valence-electron chi connectivity index (χ4n) is 4.37. The Morgan fingerprint density at radius 3 is 1.48 bits per heavy atom. The highest BCUT2D eigenvalue weighted by atomic mass is 16.3. The van der Waals surface area contributed by atoms with E-state index in [1.807, 2.05) is 24.3 Å². The molecule has 0 aromatic heterocycles. The number of benzene rings is 4. The minimum Gasteiger partial charge on any atom is -0.392 e. The van der Waals surface area contributed by atoms with E-state index in [1.165, 1.54) is 32.3 Å². The van der Waals surface area contributed by atoms with Crippen LogP contribution < -0.4 is 10.4 Å². The van der Waals surface area contributed by atoms with E-state index in [-0.39, 0.29) is 13.2 Å². The van der Waals surface area contributed by atoms with Gasteiger partial charge in [-0.3, -0.25) is 0 Å². The van der Waals surface area contributed by atoms with Gasteiger partial charge in [0.25, 0.3) is 0 Å². The Labute approximate surface area is 183 Å². The van der Waals surface area contributed by atoms with Crippen molar-refractivity contribution >= 4 is 22.9 Å². The lowest BCUT2D eigenvalue weighted by molar-refractivity contribution is 0.281. The first-order chi connectivity index (χ1) is 15.2. The van der Waals surface area contributed by atoms with E-state index in [0.29, 0.717) is 0 Å². The Morgan fingerprint density at radius 2 is 1.10 bits per heavy atom. The van der Waals surface area contributed by atoms with Crippen molar-refractivity contribution in [2.24, 2.45) is 0 Å². The van der Waals surface area contributed by atoms with Crippen LogP contribution in [0.5, 0.6) is 0 Å². The molecule has 0 unspecified atom stereocenters. The van der Waals surface area contributed by atoms with Crippen LogP contribution in [0.25, 0.3) is 45.2 Å². The molecule has 31 heavy (non-hydrogen) atoms. The summed E-state index contributed by atoms with van der Waals surface area (Å²) in [7, 11) is 0. The van der Waals surface area contributed by atoms with Crippen LogP contribution >= 0.6 is 0 Å². The summed E-state index contributed by atoms with van der Waals surface area (Å²) < 4.78 is 0. The summed E-state index contributed by atoms with van der Waals surface area (Å²) in [6, 6.07) is 25.0. The van der Waals surface area contributed by atoms with Crippen molar-refractivity contribution in [1.29, 1.82) is 0 Å². The Hall–Kier alpha value is -3.20. The van der Waals surface area contributed by atoms with E-state index in [9.17, 15) is 10.2 Å². The summed E-state index contributed by atoms with van der Waals surface area (Å²) in [6.07, 6.45) is 5.45.